The summed E-state index contributed by atoms with van der Waals surface area (Å²) in [6.07, 6.45) is 1.46. The number of hydrogen-bond acceptors (Lipinski definition) is 6. The van der Waals surface area contributed by atoms with E-state index in [-0.39, 0.29) is 17.5 Å². The zero-order chi connectivity index (χ0) is 15.8. The van der Waals surface area contributed by atoms with Crippen LogP contribution in [0.1, 0.15) is 10.6 Å². The van der Waals surface area contributed by atoms with Gasteiger partial charge in [-0.15, -0.1) is 0 Å². The average Bonchev–Trinajstić information content (AvgIpc) is 3.23. The van der Waals surface area contributed by atoms with Gasteiger partial charge in [-0.05, 0) is 18.2 Å². The van der Waals surface area contributed by atoms with E-state index in [1.165, 1.54) is 29.7 Å². The van der Waals surface area contributed by atoms with Gasteiger partial charge in [0.25, 0.3) is 5.91 Å². The van der Waals surface area contributed by atoms with Crippen molar-refractivity contribution in [3.8, 4) is 0 Å². The lowest BCUT2D eigenvalue weighted by Gasteiger charge is -2.33. The number of fused-ring (bicyclic) bond motifs is 1. The second-order valence-corrected chi connectivity index (χ2v) is 6.27. The molecular weight excluding hydrogens is 319 g/mol. The molecule has 0 aliphatic carbocycles. The van der Waals surface area contributed by atoms with Crippen LogP contribution in [0.5, 0.6) is 0 Å². The Morgan fingerprint density at radius 1 is 1.22 bits per heavy atom. The SMILES string of the molecule is O=C(c1ccno1)N1CCN(c2nc3ccc(F)cc3s2)CC1. The molecule has 1 aliphatic heterocycles. The molecule has 8 heteroatoms. The van der Waals surface area contributed by atoms with Crippen LogP contribution in [0.3, 0.4) is 0 Å². The molecule has 1 saturated heterocycles. The number of benzene rings is 1. The standard InChI is InChI=1S/C15H13FN4O2S/c16-10-1-2-11-13(9-10)23-15(18-11)20-7-5-19(6-8-20)14(21)12-3-4-17-22-12/h1-4,9H,5-8H2. The van der Waals surface area contributed by atoms with Crippen molar-refractivity contribution < 1.29 is 13.7 Å². The predicted molar refractivity (Wildman–Crippen MR) is 84.2 cm³/mol. The summed E-state index contributed by atoms with van der Waals surface area (Å²) in [5.74, 6) is -0.141. The summed E-state index contributed by atoms with van der Waals surface area (Å²) in [4.78, 5) is 20.6. The van der Waals surface area contributed by atoms with Crippen LogP contribution in [0.4, 0.5) is 9.52 Å². The van der Waals surface area contributed by atoms with Crippen molar-refractivity contribution in [3.63, 3.8) is 0 Å². The third-order valence-electron chi connectivity index (χ3n) is 3.83. The second-order valence-electron chi connectivity index (χ2n) is 5.26. The van der Waals surface area contributed by atoms with E-state index in [1.807, 2.05) is 0 Å². The molecule has 4 rings (SSSR count). The van der Waals surface area contributed by atoms with E-state index >= 15 is 0 Å². The molecule has 6 nitrogen and oxygen atoms in total. The Labute approximate surface area is 135 Å². The number of amides is 1. The highest BCUT2D eigenvalue weighted by molar-refractivity contribution is 7.22. The lowest BCUT2D eigenvalue weighted by Crippen LogP contribution is -2.48. The van der Waals surface area contributed by atoms with Gasteiger partial charge in [-0.25, -0.2) is 9.37 Å². The first-order valence-electron chi connectivity index (χ1n) is 7.22. The van der Waals surface area contributed by atoms with Gasteiger partial charge in [0.05, 0.1) is 16.4 Å². The van der Waals surface area contributed by atoms with Gasteiger partial charge in [0.1, 0.15) is 5.82 Å². The fourth-order valence-corrected chi connectivity index (χ4v) is 3.65. The summed E-state index contributed by atoms with van der Waals surface area (Å²) >= 11 is 1.47. The number of anilines is 1. The zero-order valence-electron chi connectivity index (χ0n) is 12.1. The van der Waals surface area contributed by atoms with Crippen LogP contribution in [-0.2, 0) is 0 Å². The van der Waals surface area contributed by atoms with Crippen LogP contribution < -0.4 is 4.90 Å². The molecule has 2 aromatic heterocycles. The summed E-state index contributed by atoms with van der Waals surface area (Å²) in [6, 6.07) is 6.17. The van der Waals surface area contributed by atoms with Gasteiger partial charge in [0.15, 0.2) is 5.13 Å². The molecule has 0 atom stereocenters. The van der Waals surface area contributed by atoms with E-state index in [4.69, 9.17) is 4.52 Å². The third kappa shape index (κ3) is 2.65. The van der Waals surface area contributed by atoms with Crippen molar-refractivity contribution in [1.82, 2.24) is 15.0 Å². The van der Waals surface area contributed by atoms with Gasteiger partial charge in [0, 0.05) is 32.2 Å². The number of nitrogens with zero attached hydrogens (tertiary/aromatic N) is 4. The number of thiazole rings is 1. The molecule has 0 radical (unpaired) electrons. The Balaban J connectivity index is 1.47. The normalized spacial score (nSPS) is 15.3. The fourth-order valence-electron chi connectivity index (χ4n) is 2.60. The second kappa shape index (κ2) is 5.62. The molecule has 3 aromatic rings. The van der Waals surface area contributed by atoms with Crippen molar-refractivity contribution in [1.29, 1.82) is 0 Å². The van der Waals surface area contributed by atoms with Crippen LogP contribution in [0.25, 0.3) is 10.2 Å². The molecule has 0 N–H and O–H groups in total. The van der Waals surface area contributed by atoms with Gasteiger partial charge < -0.3 is 14.3 Å². The molecule has 1 aliphatic rings. The Kier molecular flexibility index (Phi) is 3.45. The molecule has 0 unspecified atom stereocenters. The quantitative estimate of drug-likeness (QED) is 0.721. The predicted octanol–water partition coefficient (Wildman–Crippen LogP) is 2.39. The molecule has 1 amide bonds. The van der Waals surface area contributed by atoms with Crippen LogP contribution in [0.2, 0.25) is 0 Å². The molecule has 0 spiro atoms. The van der Waals surface area contributed by atoms with E-state index in [9.17, 15) is 9.18 Å². The number of halogens is 1. The molecule has 3 heterocycles. The molecular formula is C15H13FN4O2S. The molecule has 1 aromatic carbocycles. The van der Waals surface area contributed by atoms with Crippen molar-refractivity contribution in [3.05, 3.63) is 42.0 Å². The topological polar surface area (TPSA) is 62.5 Å². The Morgan fingerprint density at radius 3 is 2.78 bits per heavy atom. The van der Waals surface area contributed by atoms with Crippen molar-refractivity contribution in [2.45, 2.75) is 0 Å². The highest BCUT2D eigenvalue weighted by Gasteiger charge is 2.25. The van der Waals surface area contributed by atoms with Crippen LogP contribution >= 0.6 is 11.3 Å². The summed E-state index contributed by atoms with van der Waals surface area (Å²) in [5, 5.41) is 4.42. The summed E-state index contributed by atoms with van der Waals surface area (Å²) in [5.41, 5.74) is 0.798. The number of aromatic nitrogens is 2. The fraction of sp³-hybridized carbons (Fsp3) is 0.267. The van der Waals surface area contributed by atoms with Gasteiger partial charge in [0.2, 0.25) is 5.76 Å². The highest BCUT2D eigenvalue weighted by atomic mass is 32.1. The van der Waals surface area contributed by atoms with Gasteiger partial charge in [-0.3, -0.25) is 4.79 Å². The minimum absolute atomic E-state index is 0.145. The number of hydrogen-bond donors (Lipinski definition) is 0. The zero-order valence-corrected chi connectivity index (χ0v) is 12.9. The van der Waals surface area contributed by atoms with Crippen LogP contribution in [-0.4, -0.2) is 47.1 Å². The van der Waals surface area contributed by atoms with Crippen LogP contribution in [0, 0.1) is 5.82 Å². The maximum absolute atomic E-state index is 13.3. The molecule has 23 heavy (non-hydrogen) atoms. The maximum Gasteiger partial charge on any atom is 0.292 e. The summed E-state index contributed by atoms with van der Waals surface area (Å²) < 4.78 is 19.0. The minimum atomic E-state index is -0.254. The smallest absolute Gasteiger partial charge is 0.292 e. The summed E-state index contributed by atoms with van der Waals surface area (Å²) in [6.45, 7) is 2.54. The van der Waals surface area contributed by atoms with E-state index in [2.05, 4.69) is 15.0 Å². The van der Waals surface area contributed by atoms with Crippen LogP contribution in [0.15, 0.2) is 35.0 Å². The van der Waals surface area contributed by atoms with Gasteiger partial charge >= 0.3 is 0 Å². The molecule has 0 saturated carbocycles. The number of carbonyl (C=O) groups is 1. The van der Waals surface area contributed by atoms with E-state index in [0.29, 0.717) is 26.2 Å². The number of piperazine rings is 1. The molecule has 1 fully saturated rings. The largest absolute Gasteiger partial charge is 0.351 e. The highest BCUT2D eigenvalue weighted by Crippen LogP contribution is 2.30. The number of carbonyl (C=O) groups excluding carboxylic acids is 1. The van der Waals surface area contributed by atoms with Crippen molar-refractivity contribution >= 4 is 32.6 Å². The lowest BCUT2D eigenvalue weighted by molar-refractivity contribution is 0.0705. The van der Waals surface area contributed by atoms with Crippen molar-refractivity contribution in [2.75, 3.05) is 31.1 Å². The molecule has 0 bridgehead atoms. The van der Waals surface area contributed by atoms with Crippen molar-refractivity contribution in [2.24, 2.45) is 0 Å². The first kappa shape index (κ1) is 14.1. The first-order valence-corrected chi connectivity index (χ1v) is 8.03. The molecule has 118 valence electrons. The first-order chi connectivity index (χ1) is 11.2. The Hall–Kier alpha value is -2.48. The van der Waals surface area contributed by atoms with E-state index < -0.39 is 0 Å². The number of rotatable bonds is 2. The van der Waals surface area contributed by atoms with Gasteiger partial charge in [-0.1, -0.05) is 16.5 Å². The third-order valence-corrected chi connectivity index (χ3v) is 4.90. The average molecular weight is 332 g/mol. The Bertz CT molecular complexity index is 840. The Morgan fingerprint density at radius 2 is 2.04 bits per heavy atom. The van der Waals surface area contributed by atoms with E-state index in [1.54, 1.807) is 17.0 Å². The van der Waals surface area contributed by atoms with E-state index in [0.717, 1.165) is 15.3 Å². The maximum atomic E-state index is 13.3. The monoisotopic (exact) mass is 332 g/mol. The van der Waals surface area contributed by atoms with Gasteiger partial charge in [-0.2, -0.15) is 0 Å². The summed E-state index contributed by atoms with van der Waals surface area (Å²) in [7, 11) is 0. The lowest BCUT2D eigenvalue weighted by atomic mass is 10.3. The minimum Gasteiger partial charge on any atom is -0.351 e.